The maximum atomic E-state index is 12.3. The molecule has 0 bridgehead atoms. The molecule has 0 radical (unpaired) electrons. The van der Waals surface area contributed by atoms with Crippen LogP contribution in [0.1, 0.15) is 38.3 Å². The molecule has 3 unspecified atom stereocenters. The van der Waals surface area contributed by atoms with E-state index in [-0.39, 0.29) is 5.25 Å². The zero-order valence-corrected chi connectivity index (χ0v) is 12.0. The van der Waals surface area contributed by atoms with E-state index in [2.05, 4.69) is 19.2 Å². The summed E-state index contributed by atoms with van der Waals surface area (Å²) in [5.74, 6) is 0.837. The molecule has 1 aliphatic heterocycles. The lowest BCUT2D eigenvalue weighted by Gasteiger charge is -2.30. The van der Waals surface area contributed by atoms with Gasteiger partial charge in [0.25, 0.3) is 0 Å². The summed E-state index contributed by atoms with van der Waals surface area (Å²) in [6.45, 7) is 5.20. The van der Waals surface area contributed by atoms with Crippen LogP contribution in [0.4, 0.5) is 0 Å². The summed E-state index contributed by atoms with van der Waals surface area (Å²) in [5.41, 5.74) is 1.14. The van der Waals surface area contributed by atoms with Gasteiger partial charge in [-0.1, -0.05) is 13.8 Å². The fourth-order valence-corrected chi connectivity index (χ4v) is 3.82. The van der Waals surface area contributed by atoms with Gasteiger partial charge in [0.1, 0.15) is 5.75 Å². The summed E-state index contributed by atoms with van der Waals surface area (Å²) in [7, 11) is 0.773. The Bertz CT molecular complexity index is 447. The minimum atomic E-state index is -0.892. The first-order chi connectivity index (χ1) is 8.67. The van der Waals surface area contributed by atoms with Crippen LogP contribution < -0.4 is 10.1 Å². The van der Waals surface area contributed by atoms with Gasteiger partial charge < -0.3 is 10.1 Å². The smallest absolute Gasteiger partial charge is 0.119 e. The van der Waals surface area contributed by atoms with Crippen LogP contribution in [-0.2, 0) is 10.8 Å². The Labute approximate surface area is 111 Å². The molecule has 0 aliphatic carbocycles. The van der Waals surface area contributed by atoms with Gasteiger partial charge >= 0.3 is 0 Å². The molecule has 3 nitrogen and oxygen atoms in total. The van der Waals surface area contributed by atoms with Gasteiger partial charge in [0.2, 0.25) is 0 Å². The number of hydrogen-bond acceptors (Lipinski definition) is 3. The van der Waals surface area contributed by atoms with Crippen molar-refractivity contribution < 1.29 is 8.95 Å². The molecule has 1 heterocycles. The predicted octanol–water partition coefficient (Wildman–Crippen LogP) is 2.64. The Morgan fingerprint density at radius 3 is 2.94 bits per heavy atom. The van der Waals surface area contributed by atoms with Gasteiger partial charge in [0.05, 0.1) is 17.9 Å². The maximum Gasteiger partial charge on any atom is 0.119 e. The van der Waals surface area contributed by atoms with Crippen LogP contribution in [0.2, 0.25) is 0 Å². The summed E-state index contributed by atoms with van der Waals surface area (Å²) in [6, 6.07) is 6.15. The monoisotopic (exact) mass is 267 g/mol. The zero-order chi connectivity index (χ0) is 13.1. The summed E-state index contributed by atoms with van der Waals surface area (Å²) < 4.78 is 17.5. The highest BCUT2D eigenvalue weighted by Crippen LogP contribution is 2.35. The van der Waals surface area contributed by atoms with E-state index in [0.717, 1.165) is 35.6 Å². The molecule has 3 atom stereocenters. The van der Waals surface area contributed by atoms with Gasteiger partial charge in [0, 0.05) is 16.2 Å². The molecule has 0 saturated heterocycles. The van der Waals surface area contributed by atoms with Gasteiger partial charge in [0.15, 0.2) is 0 Å². The minimum absolute atomic E-state index is 0.209. The van der Waals surface area contributed by atoms with E-state index in [1.54, 1.807) is 7.11 Å². The summed E-state index contributed by atoms with van der Waals surface area (Å²) in [6.07, 6.45) is 2.03. The van der Waals surface area contributed by atoms with E-state index in [9.17, 15) is 4.21 Å². The first-order valence-corrected chi connectivity index (χ1v) is 7.70. The topological polar surface area (TPSA) is 38.3 Å². The molecule has 0 amide bonds. The highest BCUT2D eigenvalue weighted by atomic mass is 32.2. The molecule has 2 rings (SSSR count). The number of benzene rings is 1. The van der Waals surface area contributed by atoms with Gasteiger partial charge in [-0.25, -0.2) is 0 Å². The number of hydrogen-bond donors (Lipinski definition) is 1. The lowest BCUT2D eigenvalue weighted by atomic mass is 10.0. The molecule has 100 valence electrons. The SMILES string of the molecule is CCCNC1CC(C)S(=O)c2ccc(OC)cc21. The molecule has 18 heavy (non-hydrogen) atoms. The highest BCUT2D eigenvalue weighted by molar-refractivity contribution is 7.85. The van der Waals surface area contributed by atoms with E-state index in [1.165, 1.54) is 0 Å². The molecule has 1 aliphatic rings. The number of nitrogens with one attached hydrogen (secondary N) is 1. The fraction of sp³-hybridized carbons (Fsp3) is 0.571. The van der Waals surface area contributed by atoms with E-state index in [4.69, 9.17) is 4.74 Å². The summed E-state index contributed by atoms with van der Waals surface area (Å²) in [4.78, 5) is 0.961. The van der Waals surface area contributed by atoms with Crippen LogP contribution >= 0.6 is 0 Å². The number of rotatable bonds is 4. The predicted molar refractivity (Wildman–Crippen MR) is 74.5 cm³/mol. The van der Waals surface area contributed by atoms with E-state index in [0.29, 0.717) is 6.04 Å². The average molecular weight is 267 g/mol. The summed E-state index contributed by atoms with van der Waals surface area (Å²) >= 11 is 0. The zero-order valence-electron chi connectivity index (χ0n) is 11.2. The van der Waals surface area contributed by atoms with Crippen molar-refractivity contribution in [3.63, 3.8) is 0 Å². The second kappa shape index (κ2) is 5.85. The maximum absolute atomic E-state index is 12.3. The Kier molecular flexibility index (Phi) is 4.40. The largest absolute Gasteiger partial charge is 0.497 e. The van der Waals surface area contributed by atoms with Crippen molar-refractivity contribution in [1.82, 2.24) is 5.32 Å². The Morgan fingerprint density at radius 1 is 1.50 bits per heavy atom. The summed E-state index contributed by atoms with van der Waals surface area (Å²) in [5, 5.41) is 3.75. The van der Waals surface area contributed by atoms with Crippen molar-refractivity contribution in [2.45, 2.75) is 42.9 Å². The van der Waals surface area contributed by atoms with Gasteiger partial charge in [-0.2, -0.15) is 0 Å². The second-order valence-corrected chi connectivity index (χ2v) is 6.59. The van der Waals surface area contributed by atoms with Crippen LogP contribution in [0.25, 0.3) is 0 Å². The van der Waals surface area contributed by atoms with Crippen LogP contribution in [0, 0.1) is 0 Å². The molecular weight excluding hydrogens is 246 g/mol. The molecular formula is C14H21NO2S. The molecule has 1 aromatic carbocycles. The third-order valence-corrected chi connectivity index (χ3v) is 5.11. The first kappa shape index (κ1) is 13.6. The molecule has 0 aromatic heterocycles. The van der Waals surface area contributed by atoms with Crippen LogP contribution in [0.3, 0.4) is 0 Å². The van der Waals surface area contributed by atoms with E-state index < -0.39 is 10.8 Å². The minimum Gasteiger partial charge on any atom is -0.497 e. The van der Waals surface area contributed by atoms with Crippen LogP contribution in [-0.4, -0.2) is 23.1 Å². The molecule has 1 aromatic rings. The van der Waals surface area contributed by atoms with E-state index >= 15 is 0 Å². The molecule has 4 heteroatoms. The number of fused-ring (bicyclic) bond motifs is 1. The first-order valence-electron chi connectivity index (χ1n) is 6.49. The normalized spacial score (nSPS) is 26.7. The van der Waals surface area contributed by atoms with Crippen molar-refractivity contribution in [2.75, 3.05) is 13.7 Å². The Balaban J connectivity index is 2.36. The van der Waals surface area contributed by atoms with Gasteiger partial charge in [-0.15, -0.1) is 0 Å². The third-order valence-electron chi connectivity index (χ3n) is 3.38. The van der Waals surface area contributed by atoms with Crippen molar-refractivity contribution in [3.8, 4) is 5.75 Å². The second-order valence-electron chi connectivity index (χ2n) is 4.75. The van der Waals surface area contributed by atoms with Gasteiger partial charge in [-0.3, -0.25) is 4.21 Å². The Morgan fingerprint density at radius 2 is 2.28 bits per heavy atom. The molecule has 1 N–H and O–H groups in total. The van der Waals surface area contributed by atoms with E-state index in [1.807, 2.05) is 18.2 Å². The fourth-order valence-electron chi connectivity index (χ4n) is 2.38. The molecule has 0 fully saturated rings. The van der Waals surface area contributed by atoms with Gasteiger partial charge in [-0.05, 0) is 43.1 Å². The Hall–Kier alpha value is -0.870. The lowest BCUT2D eigenvalue weighted by Crippen LogP contribution is -2.32. The van der Waals surface area contributed by atoms with Crippen molar-refractivity contribution in [1.29, 1.82) is 0 Å². The van der Waals surface area contributed by atoms with Crippen LogP contribution in [0.5, 0.6) is 5.75 Å². The number of methoxy groups -OCH3 is 1. The molecule has 0 spiro atoms. The lowest BCUT2D eigenvalue weighted by molar-refractivity contribution is 0.410. The standard InChI is InChI=1S/C14H21NO2S/c1-4-7-15-13-8-10(2)18(16)14-6-5-11(17-3)9-12(13)14/h5-6,9-10,13,15H,4,7-8H2,1-3H3. The number of ether oxygens (including phenoxy) is 1. The molecule has 0 saturated carbocycles. The van der Waals surface area contributed by atoms with Crippen LogP contribution in [0.15, 0.2) is 23.1 Å². The quantitative estimate of drug-likeness (QED) is 0.911. The third kappa shape index (κ3) is 2.59. The van der Waals surface area contributed by atoms with Crippen molar-refractivity contribution in [2.24, 2.45) is 0 Å². The van der Waals surface area contributed by atoms with Crippen molar-refractivity contribution >= 4 is 10.8 Å². The van der Waals surface area contributed by atoms with Crippen molar-refractivity contribution in [3.05, 3.63) is 23.8 Å². The highest BCUT2D eigenvalue weighted by Gasteiger charge is 2.29. The average Bonchev–Trinajstić information content (AvgIpc) is 2.40.